The monoisotopic (exact) mass is 597 g/mol. The molecule has 3 rings (SSSR count). The smallest absolute Gasteiger partial charge is 0.326 e. The molecule has 0 aliphatic heterocycles. The Morgan fingerprint density at radius 2 is 1.81 bits per heavy atom. The number of hydrogen-bond donors (Lipinski definition) is 5. The molecular formula is C28H39N9O6. The molecule has 15 heteroatoms. The molecule has 2 aromatic heterocycles. The first kappa shape index (κ1) is 32.9. The van der Waals surface area contributed by atoms with Crippen LogP contribution in [0.4, 0.5) is 17.5 Å². The zero-order chi connectivity index (χ0) is 31.6. The maximum absolute atomic E-state index is 12.8. The maximum atomic E-state index is 12.8. The van der Waals surface area contributed by atoms with Crippen molar-refractivity contribution in [2.75, 3.05) is 50.3 Å². The van der Waals surface area contributed by atoms with Gasteiger partial charge in [0.25, 0.3) is 5.91 Å². The molecule has 0 bridgehead atoms. The van der Waals surface area contributed by atoms with Crippen LogP contribution in [0.15, 0.2) is 30.5 Å². The second-order valence-electron chi connectivity index (χ2n) is 10.5. The molecule has 0 radical (unpaired) electrons. The van der Waals surface area contributed by atoms with Crippen molar-refractivity contribution in [1.82, 2.24) is 30.6 Å². The predicted octanol–water partition coefficient (Wildman–Crippen LogP) is 1.13. The Bertz CT molecular complexity index is 1420. The number of nitrogens with one attached hydrogen (secondary N) is 2. The minimum absolute atomic E-state index is 0.0175. The number of nitrogen functional groups attached to an aromatic ring is 2. The van der Waals surface area contributed by atoms with E-state index in [1.165, 1.54) is 0 Å². The average Bonchev–Trinajstić information content (AvgIpc) is 2.96. The standard InChI is InChI=1S/C28H39N9O6/c1-28(2,11-13-42-4)43-14-12-31-21(38)10-9-20(26(40)41)34-25(39)17-5-7-19(8-6-17)37(3)16-18-15-32-24-22(33-18)23(29)35-27(30)36-24/h5-8,15,20H,9-14,16H2,1-4H3,(H,31,38)(H,34,39)(H,40,41)(H4,29,30,32,35,36). The Hall–Kier alpha value is -4.63. The van der Waals surface area contributed by atoms with Gasteiger partial charge < -0.3 is 41.6 Å². The van der Waals surface area contributed by atoms with E-state index in [2.05, 4.69) is 30.6 Å². The number of nitrogens with two attached hydrogens (primary N) is 2. The van der Waals surface area contributed by atoms with Gasteiger partial charge in [0.05, 0.1) is 30.6 Å². The van der Waals surface area contributed by atoms with E-state index in [0.29, 0.717) is 43.0 Å². The number of carboxylic acids is 1. The van der Waals surface area contributed by atoms with Crippen molar-refractivity contribution < 1.29 is 29.0 Å². The fraction of sp³-hybridized carbons (Fsp3) is 0.464. The van der Waals surface area contributed by atoms with Crippen LogP contribution in [0.1, 0.15) is 49.2 Å². The van der Waals surface area contributed by atoms with Gasteiger partial charge in [-0.15, -0.1) is 0 Å². The first-order chi connectivity index (χ1) is 20.4. The fourth-order valence-electron chi connectivity index (χ4n) is 4.06. The zero-order valence-corrected chi connectivity index (χ0v) is 24.8. The van der Waals surface area contributed by atoms with Crippen molar-refractivity contribution in [3.63, 3.8) is 0 Å². The van der Waals surface area contributed by atoms with Gasteiger partial charge in [-0.2, -0.15) is 9.97 Å². The quantitative estimate of drug-likeness (QED) is 0.146. The van der Waals surface area contributed by atoms with Gasteiger partial charge >= 0.3 is 5.97 Å². The van der Waals surface area contributed by atoms with Crippen LogP contribution in [0.2, 0.25) is 0 Å². The summed E-state index contributed by atoms with van der Waals surface area (Å²) in [5.41, 5.74) is 13.4. The number of rotatable bonds is 16. The Morgan fingerprint density at radius 1 is 1.09 bits per heavy atom. The van der Waals surface area contributed by atoms with Crippen molar-refractivity contribution in [3.8, 4) is 0 Å². The van der Waals surface area contributed by atoms with E-state index in [0.717, 1.165) is 5.69 Å². The normalized spacial score (nSPS) is 12.1. The highest BCUT2D eigenvalue weighted by atomic mass is 16.5. The first-order valence-electron chi connectivity index (χ1n) is 13.7. The number of aliphatic carboxylic acids is 1. The van der Waals surface area contributed by atoms with Gasteiger partial charge in [-0.3, -0.25) is 9.59 Å². The third-order valence-electron chi connectivity index (χ3n) is 6.56. The number of methoxy groups -OCH3 is 1. The number of anilines is 3. The van der Waals surface area contributed by atoms with E-state index in [-0.39, 0.29) is 48.2 Å². The molecule has 2 heterocycles. The third kappa shape index (κ3) is 10.0. The molecule has 232 valence electrons. The highest BCUT2D eigenvalue weighted by Crippen LogP contribution is 2.19. The Kier molecular flexibility index (Phi) is 11.5. The van der Waals surface area contributed by atoms with E-state index in [1.54, 1.807) is 37.6 Å². The highest BCUT2D eigenvalue weighted by molar-refractivity contribution is 5.97. The number of carbonyl (C=O) groups excluding carboxylic acids is 2. The molecule has 0 aliphatic carbocycles. The highest BCUT2D eigenvalue weighted by Gasteiger charge is 2.22. The lowest BCUT2D eigenvalue weighted by Crippen LogP contribution is -2.42. The van der Waals surface area contributed by atoms with Gasteiger partial charge in [0, 0.05) is 45.0 Å². The summed E-state index contributed by atoms with van der Waals surface area (Å²) in [4.78, 5) is 55.3. The second kappa shape index (κ2) is 15.0. The van der Waals surface area contributed by atoms with Crippen molar-refractivity contribution in [1.29, 1.82) is 0 Å². The summed E-state index contributed by atoms with van der Waals surface area (Å²) in [6.07, 6.45) is 2.14. The van der Waals surface area contributed by atoms with E-state index in [4.69, 9.17) is 20.9 Å². The van der Waals surface area contributed by atoms with Crippen LogP contribution < -0.4 is 27.0 Å². The molecule has 43 heavy (non-hydrogen) atoms. The van der Waals surface area contributed by atoms with Gasteiger partial charge in [0.1, 0.15) is 6.04 Å². The number of carbonyl (C=O) groups is 3. The summed E-state index contributed by atoms with van der Waals surface area (Å²) >= 11 is 0. The average molecular weight is 598 g/mol. The summed E-state index contributed by atoms with van der Waals surface area (Å²) in [7, 11) is 3.46. The number of aromatic nitrogens is 4. The third-order valence-corrected chi connectivity index (χ3v) is 6.56. The minimum Gasteiger partial charge on any atom is -0.480 e. The molecule has 1 aromatic carbocycles. The molecule has 7 N–H and O–H groups in total. The van der Waals surface area contributed by atoms with Gasteiger partial charge in [-0.05, 0) is 51.0 Å². The zero-order valence-electron chi connectivity index (χ0n) is 24.8. The van der Waals surface area contributed by atoms with Gasteiger partial charge in [0.15, 0.2) is 17.0 Å². The van der Waals surface area contributed by atoms with Crippen molar-refractivity contribution in [2.24, 2.45) is 0 Å². The SMILES string of the molecule is COCCC(C)(C)OCCNC(=O)CCC(NC(=O)c1ccc(N(C)Cc2cnc3nc(N)nc(N)c3n2)cc1)C(=O)O. The number of fused-ring (bicyclic) bond motifs is 1. The molecular weight excluding hydrogens is 558 g/mol. The number of nitrogens with zero attached hydrogens (tertiary/aromatic N) is 5. The fourth-order valence-corrected chi connectivity index (χ4v) is 4.06. The lowest BCUT2D eigenvalue weighted by Gasteiger charge is -2.25. The van der Waals surface area contributed by atoms with Crippen LogP contribution >= 0.6 is 0 Å². The van der Waals surface area contributed by atoms with E-state index >= 15 is 0 Å². The number of ether oxygens (including phenoxy) is 2. The van der Waals surface area contributed by atoms with Gasteiger partial charge in [-0.1, -0.05) is 0 Å². The topological polar surface area (TPSA) is 221 Å². The Balaban J connectivity index is 1.49. The van der Waals surface area contributed by atoms with Crippen LogP contribution in [-0.4, -0.2) is 88.4 Å². The summed E-state index contributed by atoms with van der Waals surface area (Å²) in [6.45, 7) is 5.40. The minimum atomic E-state index is -1.23. The maximum Gasteiger partial charge on any atom is 0.326 e. The van der Waals surface area contributed by atoms with Crippen LogP contribution in [0, 0.1) is 0 Å². The van der Waals surface area contributed by atoms with Crippen molar-refractivity contribution in [3.05, 3.63) is 41.7 Å². The van der Waals surface area contributed by atoms with Crippen LogP contribution in [0.5, 0.6) is 0 Å². The Morgan fingerprint density at radius 3 is 2.49 bits per heavy atom. The molecule has 0 aliphatic rings. The predicted molar refractivity (Wildman–Crippen MR) is 160 cm³/mol. The molecule has 1 unspecified atom stereocenters. The summed E-state index contributed by atoms with van der Waals surface area (Å²) in [5, 5.41) is 14.8. The first-order valence-corrected chi connectivity index (χ1v) is 13.7. The number of amides is 2. The molecule has 15 nitrogen and oxygen atoms in total. The largest absolute Gasteiger partial charge is 0.480 e. The number of hydrogen-bond acceptors (Lipinski definition) is 12. The van der Waals surface area contributed by atoms with Crippen molar-refractivity contribution in [2.45, 2.75) is 51.3 Å². The number of benzene rings is 1. The molecule has 0 spiro atoms. The lowest BCUT2D eigenvalue weighted by molar-refractivity contribution is -0.139. The van der Waals surface area contributed by atoms with E-state index < -0.39 is 17.9 Å². The van der Waals surface area contributed by atoms with Gasteiger partial charge in [0.2, 0.25) is 11.9 Å². The van der Waals surface area contributed by atoms with Crippen LogP contribution in [0.25, 0.3) is 11.2 Å². The summed E-state index contributed by atoms with van der Waals surface area (Å²) < 4.78 is 10.8. The molecule has 0 saturated carbocycles. The second-order valence-corrected chi connectivity index (χ2v) is 10.5. The molecule has 1 atom stereocenters. The lowest BCUT2D eigenvalue weighted by atomic mass is 10.1. The summed E-state index contributed by atoms with van der Waals surface area (Å²) in [5.74, 6) is -1.97. The molecule has 3 aromatic rings. The molecule has 0 fully saturated rings. The van der Waals surface area contributed by atoms with Crippen LogP contribution in [-0.2, 0) is 25.6 Å². The van der Waals surface area contributed by atoms with Crippen molar-refractivity contribution >= 4 is 46.4 Å². The Labute approximate surface area is 249 Å². The van der Waals surface area contributed by atoms with E-state index in [9.17, 15) is 19.5 Å². The van der Waals surface area contributed by atoms with Crippen LogP contribution in [0.3, 0.4) is 0 Å². The molecule has 0 saturated heterocycles. The number of carboxylic acid groups (broad SMARTS) is 1. The van der Waals surface area contributed by atoms with E-state index in [1.807, 2.05) is 25.8 Å². The molecule has 2 amide bonds. The summed E-state index contributed by atoms with van der Waals surface area (Å²) in [6, 6.07) is 5.39. The van der Waals surface area contributed by atoms with Gasteiger partial charge in [-0.25, -0.2) is 14.8 Å².